The fraction of sp³-hybridized carbons (Fsp3) is 0.100. The van der Waals surface area contributed by atoms with Gasteiger partial charge in [-0.05, 0) is 47.5 Å². The van der Waals surface area contributed by atoms with E-state index in [1.807, 2.05) is 29.6 Å². The second kappa shape index (κ2) is 6.42. The van der Waals surface area contributed by atoms with E-state index >= 15 is 0 Å². The van der Waals surface area contributed by atoms with Gasteiger partial charge in [0.15, 0.2) is 0 Å². The Kier molecular flexibility index (Phi) is 3.97. The summed E-state index contributed by atoms with van der Waals surface area (Å²) in [6.45, 7) is 0. The number of aryl methyl sites for hydroxylation is 2. The van der Waals surface area contributed by atoms with E-state index in [0.29, 0.717) is 5.69 Å². The molecule has 2 heterocycles. The van der Waals surface area contributed by atoms with Gasteiger partial charge in [0.05, 0.1) is 15.9 Å². The van der Waals surface area contributed by atoms with Crippen LogP contribution in [0, 0.1) is 0 Å². The van der Waals surface area contributed by atoms with Crippen LogP contribution < -0.4 is 5.56 Å². The second-order valence-electron chi connectivity index (χ2n) is 5.73. The lowest BCUT2D eigenvalue weighted by molar-refractivity contribution is 0.961. The zero-order valence-electron chi connectivity index (χ0n) is 13.0. The first kappa shape index (κ1) is 14.8. The molecule has 2 aromatic heterocycles. The molecule has 0 bridgehead atoms. The van der Waals surface area contributed by atoms with Crippen LogP contribution in [0.4, 0.5) is 0 Å². The Hall–Kier alpha value is -2.72. The predicted octanol–water partition coefficient (Wildman–Crippen LogP) is 4.44. The molecule has 4 rings (SSSR count). The van der Waals surface area contributed by atoms with Gasteiger partial charge >= 0.3 is 0 Å². The van der Waals surface area contributed by atoms with Crippen molar-refractivity contribution in [3.63, 3.8) is 0 Å². The van der Waals surface area contributed by atoms with Crippen molar-refractivity contribution in [2.75, 3.05) is 0 Å². The van der Waals surface area contributed by atoms with Crippen LogP contribution in [0.1, 0.15) is 11.1 Å². The largest absolute Gasteiger partial charge is 0.319 e. The van der Waals surface area contributed by atoms with Crippen LogP contribution in [-0.2, 0) is 12.8 Å². The number of nitrogens with zero attached hydrogens (tertiary/aromatic N) is 1. The van der Waals surface area contributed by atoms with Gasteiger partial charge in [0.2, 0.25) is 0 Å². The minimum atomic E-state index is -0.137. The first-order valence-corrected chi connectivity index (χ1v) is 8.78. The quantitative estimate of drug-likeness (QED) is 0.600. The van der Waals surface area contributed by atoms with Crippen LogP contribution >= 0.6 is 11.3 Å². The third-order valence-electron chi connectivity index (χ3n) is 4.06. The zero-order valence-corrected chi connectivity index (χ0v) is 13.8. The molecule has 0 atom stereocenters. The SMILES string of the molecule is O=c1[nH]c2ccc(CCc3ccccc3)cc2nc1-c1cccs1. The van der Waals surface area contributed by atoms with Crippen molar-refractivity contribution in [3.05, 3.63) is 87.5 Å². The third-order valence-corrected chi connectivity index (χ3v) is 4.93. The van der Waals surface area contributed by atoms with Gasteiger partial charge in [0.25, 0.3) is 5.56 Å². The van der Waals surface area contributed by atoms with E-state index in [-0.39, 0.29) is 5.56 Å². The summed E-state index contributed by atoms with van der Waals surface area (Å²) in [6, 6.07) is 20.4. The van der Waals surface area contributed by atoms with Crippen molar-refractivity contribution in [2.45, 2.75) is 12.8 Å². The molecule has 0 saturated heterocycles. The number of hydrogen-bond donors (Lipinski definition) is 1. The van der Waals surface area contributed by atoms with E-state index < -0.39 is 0 Å². The lowest BCUT2D eigenvalue weighted by atomic mass is 10.0. The van der Waals surface area contributed by atoms with Gasteiger partial charge in [-0.3, -0.25) is 4.79 Å². The van der Waals surface area contributed by atoms with Crippen molar-refractivity contribution in [1.29, 1.82) is 0 Å². The Morgan fingerprint density at radius 2 is 1.75 bits per heavy atom. The Morgan fingerprint density at radius 3 is 2.54 bits per heavy atom. The standard InChI is InChI=1S/C20H16N2OS/c23-20-19(18-7-4-12-24-18)21-17-13-15(10-11-16(17)22-20)9-8-14-5-2-1-3-6-14/h1-7,10-13H,8-9H2,(H,22,23). The highest BCUT2D eigenvalue weighted by atomic mass is 32.1. The topological polar surface area (TPSA) is 45.8 Å². The number of aromatic amines is 1. The molecule has 4 heteroatoms. The van der Waals surface area contributed by atoms with Crippen LogP contribution in [-0.4, -0.2) is 9.97 Å². The monoisotopic (exact) mass is 332 g/mol. The zero-order chi connectivity index (χ0) is 16.4. The van der Waals surface area contributed by atoms with E-state index in [2.05, 4.69) is 46.4 Å². The summed E-state index contributed by atoms with van der Waals surface area (Å²) >= 11 is 1.53. The van der Waals surface area contributed by atoms with Gasteiger partial charge in [-0.2, -0.15) is 0 Å². The number of benzene rings is 2. The van der Waals surface area contributed by atoms with Crippen LogP contribution in [0.15, 0.2) is 70.8 Å². The Bertz CT molecular complexity index is 1020. The Balaban J connectivity index is 1.67. The maximum Gasteiger partial charge on any atom is 0.275 e. The van der Waals surface area contributed by atoms with Crippen LogP contribution in [0.3, 0.4) is 0 Å². The predicted molar refractivity (Wildman–Crippen MR) is 99.5 cm³/mol. The van der Waals surface area contributed by atoms with E-state index in [1.54, 1.807) is 0 Å². The van der Waals surface area contributed by atoms with Gasteiger partial charge in [0, 0.05) is 0 Å². The molecule has 3 nitrogen and oxygen atoms in total. The van der Waals surface area contributed by atoms with Gasteiger partial charge in [-0.1, -0.05) is 42.5 Å². The van der Waals surface area contributed by atoms with Crippen molar-refractivity contribution >= 4 is 22.4 Å². The molecule has 0 spiro atoms. The molecular weight excluding hydrogens is 316 g/mol. The minimum absolute atomic E-state index is 0.137. The Labute approximate surface area is 143 Å². The fourth-order valence-corrected chi connectivity index (χ4v) is 3.51. The molecule has 0 aliphatic rings. The summed E-state index contributed by atoms with van der Waals surface area (Å²) in [5, 5.41) is 1.96. The number of hydrogen-bond acceptors (Lipinski definition) is 3. The van der Waals surface area contributed by atoms with Crippen molar-refractivity contribution in [1.82, 2.24) is 9.97 Å². The minimum Gasteiger partial charge on any atom is -0.319 e. The maximum atomic E-state index is 12.2. The molecule has 0 radical (unpaired) electrons. The molecule has 24 heavy (non-hydrogen) atoms. The molecule has 0 aliphatic carbocycles. The molecule has 0 aliphatic heterocycles. The van der Waals surface area contributed by atoms with E-state index in [4.69, 9.17) is 0 Å². The van der Waals surface area contributed by atoms with E-state index in [0.717, 1.165) is 28.8 Å². The van der Waals surface area contributed by atoms with Crippen molar-refractivity contribution in [2.24, 2.45) is 0 Å². The second-order valence-corrected chi connectivity index (χ2v) is 6.68. The van der Waals surface area contributed by atoms with Gasteiger partial charge in [-0.25, -0.2) is 4.98 Å². The molecule has 0 amide bonds. The smallest absolute Gasteiger partial charge is 0.275 e. The number of thiophene rings is 1. The lowest BCUT2D eigenvalue weighted by Gasteiger charge is -2.05. The summed E-state index contributed by atoms with van der Waals surface area (Å²) < 4.78 is 0. The fourth-order valence-electron chi connectivity index (χ4n) is 2.80. The molecule has 118 valence electrons. The van der Waals surface area contributed by atoms with Crippen LogP contribution in [0.5, 0.6) is 0 Å². The molecule has 2 aromatic carbocycles. The van der Waals surface area contributed by atoms with Crippen molar-refractivity contribution < 1.29 is 0 Å². The Morgan fingerprint density at radius 1 is 0.917 bits per heavy atom. The van der Waals surface area contributed by atoms with E-state index in [9.17, 15) is 4.79 Å². The molecule has 0 unspecified atom stereocenters. The van der Waals surface area contributed by atoms with Gasteiger partial charge in [-0.15, -0.1) is 11.3 Å². The number of aromatic nitrogens is 2. The molecule has 0 saturated carbocycles. The summed E-state index contributed by atoms with van der Waals surface area (Å²) in [5.74, 6) is 0. The van der Waals surface area contributed by atoms with Gasteiger partial charge in [0.1, 0.15) is 5.69 Å². The summed E-state index contributed by atoms with van der Waals surface area (Å²) in [7, 11) is 0. The lowest BCUT2D eigenvalue weighted by Crippen LogP contribution is -2.10. The number of rotatable bonds is 4. The number of H-pyrrole nitrogens is 1. The third kappa shape index (κ3) is 3.01. The average molecular weight is 332 g/mol. The van der Waals surface area contributed by atoms with E-state index in [1.165, 1.54) is 22.5 Å². The molecule has 4 aromatic rings. The molecule has 0 fully saturated rings. The summed E-state index contributed by atoms with van der Waals surface area (Å²) in [4.78, 5) is 20.6. The normalized spacial score (nSPS) is 11.0. The highest BCUT2D eigenvalue weighted by Crippen LogP contribution is 2.21. The van der Waals surface area contributed by atoms with Crippen LogP contribution in [0.2, 0.25) is 0 Å². The molecule has 1 N–H and O–H groups in total. The molecular formula is C20H16N2OS. The average Bonchev–Trinajstić information content (AvgIpc) is 3.15. The van der Waals surface area contributed by atoms with Crippen LogP contribution in [0.25, 0.3) is 21.6 Å². The summed E-state index contributed by atoms with van der Waals surface area (Å²) in [6.07, 6.45) is 1.95. The number of fused-ring (bicyclic) bond motifs is 1. The first-order chi connectivity index (χ1) is 11.8. The summed E-state index contributed by atoms with van der Waals surface area (Å²) in [5.41, 5.74) is 4.53. The maximum absolute atomic E-state index is 12.2. The first-order valence-electron chi connectivity index (χ1n) is 7.90. The van der Waals surface area contributed by atoms with Gasteiger partial charge < -0.3 is 4.98 Å². The highest BCUT2D eigenvalue weighted by Gasteiger charge is 2.09. The number of nitrogens with one attached hydrogen (secondary N) is 1. The highest BCUT2D eigenvalue weighted by molar-refractivity contribution is 7.13. The van der Waals surface area contributed by atoms with Crippen molar-refractivity contribution in [3.8, 4) is 10.6 Å².